The zero-order chi connectivity index (χ0) is 21.8. The Bertz CT molecular complexity index is 931. The maximum absolute atomic E-state index is 13.2. The fourth-order valence-corrected chi connectivity index (χ4v) is 4.46. The smallest absolute Gasteiger partial charge is 0.287 e. The van der Waals surface area contributed by atoms with E-state index in [1.807, 2.05) is 35.2 Å². The summed E-state index contributed by atoms with van der Waals surface area (Å²) in [6.07, 6.45) is 3.29. The van der Waals surface area contributed by atoms with Gasteiger partial charge in [0.25, 0.3) is 5.91 Å². The molecule has 2 aliphatic heterocycles. The molecular formula is C24H29N3O4. The molecule has 2 aliphatic rings. The second-order valence-corrected chi connectivity index (χ2v) is 8.39. The van der Waals surface area contributed by atoms with E-state index in [2.05, 4.69) is 5.32 Å². The minimum atomic E-state index is -0.367. The van der Waals surface area contributed by atoms with Crippen molar-refractivity contribution in [3.05, 3.63) is 59.5 Å². The number of benzene rings is 1. The number of amides is 3. The van der Waals surface area contributed by atoms with E-state index >= 15 is 0 Å². The lowest BCUT2D eigenvalue weighted by Crippen LogP contribution is -2.52. The first-order chi connectivity index (χ1) is 15.0. The van der Waals surface area contributed by atoms with E-state index in [1.165, 1.54) is 0 Å². The van der Waals surface area contributed by atoms with Gasteiger partial charge in [-0.2, -0.15) is 0 Å². The van der Waals surface area contributed by atoms with Crippen molar-refractivity contribution in [3.63, 3.8) is 0 Å². The van der Waals surface area contributed by atoms with Crippen molar-refractivity contribution in [3.8, 4) is 0 Å². The number of hydrogen-bond acceptors (Lipinski definition) is 4. The van der Waals surface area contributed by atoms with Crippen LogP contribution < -0.4 is 5.32 Å². The van der Waals surface area contributed by atoms with Gasteiger partial charge in [-0.15, -0.1) is 0 Å². The fourth-order valence-electron chi connectivity index (χ4n) is 4.46. The first-order valence-electron chi connectivity index (χ1n) is 11.0. The first-order valence-corrected chi connectivity index (χ1v) is 11.0. The molecule has 1 N–H and O–H groups in total. The number of piperidine rings is 1. The number of nitrogens with zero attached hydrogens (tertiary/aromatic N) is 2. The Hall–Kier alpha value is -3.09. The van der Waals surface area contributed by atoms with Crippen LogP contribution >= 0.6 is 0 Å². The molecule has 0 aliphatic carbocycles. The van der Waals surface area contributed by atoms with Crippen molar-refractivity contribution in [2.24, 2.45) is 0 Å². The summed E-state index contributed by atoms with van der Waals surface area (Å²) in [5, 5.41) is 3.00. The number of rotatable bonds is 5. The number of likely N-dealkylation sites (tertiary alicyclic amines) is 2. The molecule has 3 amide bonds. The average molecular weight is 424 g/mol. The highest BCUT2D eigenvalue weighted by atomic mass is 16.3. The molecule has 0 spiro atoms. The van der Waals surface area contributed by atoms with Gasteiger partial charge in [0.15, 0.2) is 5.76 Å². The highest BCUT2D eigenvalue weighted by Crippen LogP contribution is 2.23. The average Bonchev–Trinajstić information content (AvgIpc) is 3.44. The topological polar surface area (TPSA) is 82.9 Å². The minimum Gasteiger partial charge on any atom is -0.456 e. The van der Waals surface area contributed by atoms with E-state index in [-0.39, 0.29) is 29.8 Å². The van der Waals surface area contributed by atoms with Crippen LogP contribution in [0.15, 0.2) is 46.9 Å². The van der Waals surface area contributed by atoms with Crippen LogP contribution in [-0.2, 0) is 16.0 Å². The quantitative estimate of drug-likeness (QED) is 0.801. The Balaban J connectivity index is 1.29. The Labute approximate surface area is 182 Å². The van der Waals surface area contributed by atoms with Gasteiger partial charge in [0.1, 0.15) is 11.8 Å². The van der Waals surface area contributed by atoms with Crippen LogP contribution in [-0.4, -0.2) is 59.2 Å². The lowest BCUT2D eigenvalue weighted by atomic mass is 10.0. The first kappa shape index (κ1) is 21.2. The summed E-state index contributed by atoms with van der Waals surface area (Å²) in [7, 11) is 0. The maximum atomic E-state index is 13.2. The molecule has 0 saturated carbocycles. The summed E-state index contributed by atoms with van der Waals surface area (Å²) in [4.78, 5) is 41.9. The normalized spacial score (nSPS) is 19.5. The predicted octanol–water partition coefficient (Wildman–Crippen LogP) is 2.54. The second-order valence-electron chi connectivity index (χ2n) is 8.39. The van der Waals surface area contributed by atoms with Gasteiger partial charge in [0.2, 0.25) is 11.8 Å². The Morgan fingerprint density at radius 1 is 1.00 bits per heavy atom. The Morgan fingerprint density at radius 3 is 2.42 bits per heavy atom. The second kappa shape index (κ2) is 9.37. The number of carbonyl (C=O) groups excluding carboxylic acids is 3. The van der Waals surface area contributed by atoms with Crippen LogP contribution in [0, 0.1) is 6.92 Å². The standard InChI is InChI=1S/C24H29N3O4/c1-17-9-10-21(31-17)23(29)25-19-11-14-26(15-12-19)24(30)20-8-5-13-27(20)22(28)16-18-6-3-2-4-7-18/h2-4,6-7,9-10,19-20H,5,8,11-16H2,1H3,(H,25,29). The summed E-state index contributed by atoms with van der Waals surface area (Å²) >= 11 is 0. The number of furan rings is 1. The third-order valence-electron chi connectivity index (χ3n) is 6.16. The van der Waals surface area contributed by atoms with Crippen molar-refractivity contribution in [1.29, 1.82) is 0 Å². The third kappa shape index (κ3) is 4.98. The highest BCUT2D eigenvalue weighted by Gasteiger charge is 2.37. The van der Waals surface area contributed by atoms with Gasteiger partial charge in [0.05, 0.1) is 6.42 Å². The van der Waals surface area contributed by atoms with Crippen LogP contribution in [0.5, 0.6) is 0 Å². The van der Waals surface area contributed by atoms with Gasteiger partial charge < -0.3 is 19.5 Å². The van der Waals surface area contributed by atoms with Gasteiger partial charge >= 0.3 is 0 Å². The Morgan fingerprint density at radius 2 is 1.74 bits per heavy atom. The van der Waals surface area contributed by atoms with Crippen LogP contribution in [0.1, 0.15) is 47.6 Å². The molecule has 2 saturated heterocycles. The number of carbonyl (C=O) groups is 3. The molecule has 2 aromatic rings. The summed E-state index contributed by atoms with van der Waals surface area (Å²) in [5.41, 5.74) is 0.967. The van der Waals surface area contributed by atoms with E-state index in [0.29, 0.717) is 56.8 Å². The van der Waals surface area contributed by atoms with Gasteiger partial charge in [-0.1, -0.05) is 30.3 Å². The molecule has 164 valence electrons. The fraction of sp³-hybridized carbons (Fsp3) is 0.458. The summed E-state index contributed by atoms with van der Waals surface area (Å²) in [6, 6.07) is 12.7. The number of nitrogens with one attached hydrogen (secondary N) is 1. The van der Waals surface area contributed by atoms with Gasteiger partial charge in [-0.3, -0.25) is 14.4 Å². The summed E-state index contributed by atoms with van der Waals surface area (Å²) in [6.45, 7) is 3.60. The van der Waals surface area contributed by atoms with Crippen LogP contribution in [0.25, 0.3) is 0 Å². The van der Waals surface area contributed by atoms with Crippen molar-refractivity contribution in [2.45, 2.75) is 51.1 Å². The van der Waals surface area contributed by atoms with E-state index < -0.39 is 0 Å². The highest BCUT2D eigenvalue weighted by molar-refractivity contribution is 5.92. The molecule has 0 radical (unpaired) electrons. The van der Waals surface area contributed by atoms with E-state index in [4.69, 9.17) is 4.42 Å². The lowest BCUT2D eigenvalue weighted by Gasteiger charge is -2.35. The molecular weight excluding hydrogens is 394 g/mol. The SMILES string of the molecule is Cc1ccc(C(=O)NC2CCN(C(=O)C3CCCN3C(=O)Cc3ccccc3)CC2)o1. The van der Waals surface area contributed by atoms with Gasteiger partial charge in [-0.05, 0) is 50.3 Å². The summed E-state index contributed by atoms with van der Waals surface area (Å²) < 4.78 is 5.38. The molecule has 1 atom stereocenters. The molecule has 7 nitrogen and oxygen atoms in total. The lowest BCUT2D eigenvalue weighted by molar-refractivity contribution is -0.144. The molecule has 1 aromatic heterocycles. The monoisotopic (exact) mass is 423 g/mol. The zero-order valence-corrected chi connectivity index (χ0v) is 17.9. The maximum Gasteiger partial charge on any atom is 0.287 e. The van der Waals surface area contributed by atoms with Crippen molar-refractivity contribution < 1.29 is 18.8 Å². The molecule has 31 heavy (non-hydrogen) atoms. The zero-order valence-electron chi connectivity index (χ0n) is 17.9. The predicted molar refractivity (Wildman–Crippen MR) is 115 cm³/mol. The Kier molecular flexibility index (Phi) is 6.39. The minimum absolute atomic E-state index is 0.0120. The van der Waals surface area contributed by atoms with E-state index in [1.54, 1.807) is 24.0 Å². The molecule has 2 fully saturated rings. The molecule has 4 rings (SSSR count). The molecule has 1 aromatic carbocycles. The number of aryl methyl sites for hydroxylation is 1. The number of hydrogen-bond donors (Lipinski definition) is 1. The summed E-state index contributed by atoms with van der Waals surface area (Å²) in [5.74, 6) is 0.845. The molecule has 0 bridgehead atoms. The largest absolute Gasteiger partial charge is 0.456 e. The van der Waals surface area contributed by atoms with Crippen LogP contribution in [0.4, 0.5) is 0 Å². The van der Waals surface area contributed by atoms with Gasteiger partial charge in [-0.25, -0.2) is 0 Å². The van der Waals surface area contributed by atoms with Crippen LogP contribution in [0.3, 0.4) is 0 Å². The van der Waals surface area contributed by atoms with Crippen molar-refractivity contribution in [2.75, 3.05) is 19.6 Å². The molecule has 1 unspecified atom stereocenters. The van der Waals surface area contributed by atoms with E-state index in [9.17, 15) is 14.4 Å². The van der Waals surface area contributed by atoms with Gasteiger partial charge in [0, 0.05) is 25.7 Å². The molecule has 3 heterocycles. The van der Waals surface area contributed by atoms with E-state index in [0.717, 1.165) is 12.0 Å². The van der Waals surface area contributed by atoms with Crippen molar-refractivity contribution in [1.82, 2.24) is 15.1 Å². The van der Waals surface area contributed by atoms with Crippen molar-refractivity contribution >= 4 is 17.7 Å². The van der Waals surface area contributed by atoms with Crippen LogP contribution in [0.2, 0.25) is 0 Å². The third-order valence-corrected chi connectivity index (χ3v) is 6.16. The molecule has 7 heteroatoms.